The van der Waals surface area contributed by atoms with E-state index >= 15 is 0 Å². The molecule has 1 N–H and O–H groups in total. The molecule has 0 bridgehead atoms. The lowest BCUT2D eigenvalue weighted by atomic mass is 10.0. The van der Waals surface area contributed by atoms with Gasteiger partial charge in [-0.1, -0.05) is 39.5 Å². The molecular formula is C9H20O3S. The third kappa shape index (κ3) is 11.9. The molecule has 80 valence electrons. The van der Waals surface area contributed by atoms with E-state index in [9.17, 15) is 8.42 Å². The van der Waals surface area contributed by atoms with Crippen LogP contribution in [0.4, 0.5) is 0 Å². The fraction of sp³-hybridized carbons (Fsp3) is 1.00. The van der Waals surface area contributed by atoms with Crippen molar-refractivity contribution in [2.75, 3.05) is 5.75 Å². The third-order valence-electron chi connectivity index (χ3n) is 1.93. The van der Waals surface area contributed by atoms with Gasteiger partial charge < -0.3 is 0 Å². The van der Waals surface area contributed by atoms with Crippen LogP contribution in [0, 0.1) is 5.92 Å². The number of unbranched alkanes of at least 4 members (excludes halogenated alkanes) is 3. The molecule has 3 nitrogen and oxygen atoms in total. The normalized spacial score (nSPS) is 12.3. The van der Waals surface area contributed by atoms with Gasteiger partial charge in [0, 0.05) is 0 Å². The number of hydrogen-bond acceptors (Lipinski definition) is 2. The van der Waals surface area contributed by atoms with Gasteiger partial charge >= 0.3 is 0 Å². The molecule has 0 amide bonds. The minimum absolute atomic E-state index is 0.0886. The van der Waals surface area contributed by atoms with Crippen molar-refractivity contribution in [2.24, 2.45) is 5.92 Å². The van der Waals surface area contributed by atoms with Crippen LogP contribution in [0.3, 0.4) is 0 Å². The van der Waals surface area contributed by atoms with Gasteiger partial charge in [0.1, 0.15) is 0 Å². The Balaban J connectivity index is 3.18. The molecule has 0 saturated carbocycles. The van der Waals surface area contributed by atoms with E-state index in [0.29, 0.717) is 6.42 Å². The van der Waals surface area contributed by atoms with Crippen LogP contribution in [0.5, 0.6) is 0 Å². The third-order valence-corrected chi connectivity index (χ3v) is 2.74. The van der Waals surface area contributed by atoms with E-state index < -0.39 is 10.1 Å². The van der Waals surface area contributed by atoms with Crippen molar-refractivity contribution < 1.29 is 13.0 Å². The van der Waals surface area contributed by atoms with Crippen LogP contribution >= 0.6 is 0 Å². The predicted octanol–water partition coefficient (Wildman–Crippen LogP) is 2.48. The van der Waals surface area contributed by atoms with Crippen LogP contribution in [0.15, 0.2) is 0 Å². The van der Waals surface area contributed by atoms with Crippen molar-refractivity contribution in [3.63, 3.8) is 0 Å². The van der Waals surface area contributed by atoms with Crippen molar-refractivity contribution in [2.45, 2.75) is 46.0 Å². The molecule has 0 aliphatic carbocycles. The molecule has 0 fully saturated rings. The van der Waals surface area contributed by atoms with E-state index in [1.807, 2.05) is 0 Å². The zero-order valence-electron chi connectivity index (χ0n) is 8.49. The molecule has 0 rings (SSSR count). The van der Waals surface area contributed by atoms with Crippen molar-refractivity contribution in [1.82, 2.24) is 0 Å². The van der Waals surface area contributed by atoms with E-state index in [1.165, 1.54) is 6.42 Å². The molecule has 0 heterocycles. The first-order valence-corrected chi connectivity index (χ1v) is 6.48. The van der Waals surface area contributed by atoms with Crippen molar-refractivity contribution in [3.05, 3.63) is 0 Å². The Bertz CT molecular complexity index is 207. The van der Waals surface area contributed by atoms with E-state index in [4.69, 9.17) is 4.55 Å². The summed E-state index contributed by atoms with van der Waals surface area (Å²) in [6.07, 6.45) is 4.89. The molecule has 0 spiro atoms. The van der Waals surface area contributed by atoms with Crippen LogP contribution in [0.1, 0.15) is 46.0 Å². The average molecular weight is 208 g/mol. The van der Waals surface area contributed by atoms with Gasteiger partial charge in [-0.2, -0.15) is 8.42 Å². The SMILES string of the molecule is CC(C)CCCCCCS(=O)(=O)O. The van der Waals surface area contributed by atoms with E-state index in [2.05, 4.69) is 13.8 Å². The zero-order chi connectivity index (χ0) is 10.3. The summed E-state index contributed by atoms with van der Waals surface area (Å²) in [5.74, 6) is 0.635. The second-order valence-corrected chi connectivity index (χ2v) is 5.45. The van der Waals surface area contributed by atoms with Crippen molar-refractivity contribution in [3.8, 4) is 0 Å². The highest BCUT2D eigenvalue weighted by molar-refractivity contribution is 7.85. The highest BCUT2D eigenvalue weighted by Crippen LogP contribution is 2.09. The molecule has 0 aliphatic rings. The lowest BCUT2D eigenvalue weighted by Crippen LogP contribution is -2.03. The second-order valence-electron chi connectivity index (χ2n) is 3.88. The summed E-state index contributed by atoms with van der Waals surface area (Å²) >= 11 is 0. The lowest BCUT2D eigenvalue weighted by Gasteiger charge is -2.03. The monoisotopic (exact) mass is 208 g/mol. The van der Waals surface area contributed by atoms with Crippen molar-refractivity contribution in [1.29, 1.82) is 0 Å². The Morgan fingerprint density at radius 1 is 1.08 bits per heavy atom. The molecule has 0 unspecified atom stereocenters. The fourth-order valence-electron chi connectivity index (χ4n) is 1.19. The Kier molecular flexibility index (Phi) is 6.33. The largest absolute Gasteiger partial charge is 0.286 e. The van der Waals surface area contributed by atoms with Crippen molar-refractivity contribution >= 4 is 10.1 Å². The molecule has 4 heteroatoms. The summed E-state index contributed by atoms with van der Waals surface area (Å²) in [6, 6.07) is 0. The van der Waals surface area contributed by atoms with E-state index in [1.54, 1.807) is 0 Å². The first kappa shape index (κ1) is 12.9. The Morgan fingerprint density at radius 2 is 1.62 bits per heavy atom. The minimum Gasteiger partial charge on any atom is -0.286 e. The van der Waals surface area contributed by atoms with Gasteiger partial charge in [0.15, 0.2) is 0 Å². The molecule has 13 heavy (non-hydrogen) atoms. The molecule has 0 aromatic rings. The molecule has 0 radical (unpaired) electrons. The minimum atomic E-state index is -3.73. The average Bonchev–Trinajstić information content (AvgIpc) is 1.93. The maximum Gasteiger partial charge on any atom is 0.264 e. The van der Waals surface area contributed by atoms with Gasteiger partial charge in [-0.3, -0.25) is 4.55 Å². The van der Waals surface area contributed by atoms with Crippen LogP contribution in [-0.2, 0) is 10.1 Å². The molecule has 0 aliphatic heterocycles. The Morgan fingerprint density at radius 3 is 2.08 bits per heavy atom. The Hall–Kier alpha value is -0.0900. The molecule has 0 atom stereocenters. The summed E-state index contributed by atoms with van der Waals surface area (Å²) in [4.78, 5) is 0. The van der Waals surface area contributed by atoms with Gasteiger partial charge in [-0.15, -0.1) is 0 Å². The van der Waals surface area contributed by atoms with E-state index in [-0.39, 0.29) is 5.75 Å². The first-order chi connectivity index (χ1) is 5.92. The first-order valence-electron chi connectivity index (χ1n) is 4.87. The van der Waals surface area contributed by atoms with Crippen LogP contribution in [0.25, 0.3) is 0 Å². The second kappa shape index (κ2) is 6.38. The maximum atomic E-state index is 10.3. The molecule has 0 saturated heterocycles. The van der Waals surface area contributed by atoms with Gasteiger partial charge in [-0.25, -0.2) is 0 Å². The Labute approximate surface area is 81.3 Å². The van der Waals surface area contributed by atoms with Crippen LogP contribution in [0.2, 0.25) is 0 Å². The zero-order valence-corrected chi connectivity index (χ0v) is 9.31. The number of rotatable bonds is 7. The van der Waals surface area contributed by atoms with E-state index in [0.717, 1.165) is 25.2 Å². The quantitative estimate of drug-likeness (QED) is 0.516. The maximum absolute atomic E-state index is 10.3. The van der Waals surface area contributed by atoms with Gasteiger partial charge in [0.25, 0.3) is 10.1 Å². The highest BCUT2D eigenvalue weighted by atomic mass is 32.2. The number of hydrogen-bond donors (Lipinski definition) is 1. The topological polar surface area (TPSA) is 54.4 Å². The van der Waals surface area contributed by atoms with Gasteiger partial charge in [0.05, 0.1) is 5.75 Å². The summed E-state index contributed by atoms with van der Waals surface area (Å²) in [5.41, 5.74) is 0. The van der Waals surface area contributed by atoms with Gasteiger partial charge in [0.2, 0.25) is 0 Å². The lowest BCUT2D eigenvalue weighted by molar-refractivity contribution is 0.476. The van der Waals surface area contributed by atoms with Gasteiger partial charge in [-0.05, 0) is 12.3 Å². The predicted molar refractivity (Wildman–Crippen MR) is 54.3 cm³/mol. The fourth-order valence-corrected chi connectivity index (χ4v) is 1.76. The molecule has 0 aromatic heterocycles. The summed E-state index contributed by atoms with van der Waals surface area (Å²) in [5, 5.41) is 0. The summed E-state index contributed by atoms with van der Waals surface area (Å²) in [6.45, 7) is 4.36. The summed E-state index contributed by atoms with van der Waals surface area (Å²) in [7, 11) is -3.73. The molecular weight excluding hydrogens is 188 g/mol. The van der Waals surface area contributed by atoms with Crippen LogP contribution < -0.4 is 0 Å². The van der Waals surface area contributed by atoms with Crippen LogP contribution in [-0.4, -0.2) is 18.7 Å². The molecule has 0 aromatic carbocycles. The highest BCUT2D eigenvalue weighted by Gasteiger charge is 2.02. The smallest absolute Gasteiger partial charge is 0.264 e. The standard InChI is InChI=1S/C9H20O3S/c1-9(2)7-5-3-4-6-8-13(10,11)12/h9H,3-8H2,1-2H3,(H,10,11,12). The summed E-state index contributed by atoms with van der Waals surface area (Å²) < 4.78 is 29.1.